The lowest BCUT2D eigenvalue weighted by atomic mass is 10.0. The number of nitrogens with zero attached hydrogens (tertiary/aromatic N) is 3. The van der Waals surface area contributed by atoms with Crippen LogP contribution in [0.4, 0.5) is 11.4 Å². The minimum absolute atomic E-state index is 0. The van der Waals surface area contributed by atoms with Gasteiger partial charge in [-0.3, -0.25) is 0 Å². The highest BCUT2D eigenvalue weighted by atomic mass is 127. The number of pyridine rings is 2. The fourth-order valence-corrected chi connectivity index (χ4v) is 6.43. The molecule has 0 saturated heterocycles. The van der Waals surface area contributed by atoms with E-state index in [4.69, 9.17) is 0 Å². The summed E-state index contributed by atoms with van der Waals surface area (Å²) in [7, 11) is 2.22. The Morgan fingerprint density at radius 2 is 1.14 bits per heavy atom. The molecule has 0 spiro atoms. The predicted octanol–water partition coefficient (Wildman–Crippen LogP) is 0.528. The van der Waals surface area contributed by atoms with Crippen LogP contribution in [0.1, 0.15) is 36.8 Å². The lowest BCUT2D eigenvalue weighted by Crippen LogP contribution is -3.00. The van der Waals surface area contributed by atoms with Gasteiger partial charge in [0.15, 0.2) is 24.8 Å². The molecule has 0 unspecified atom stereocenters. The third-order valence-corrected chi connectivity index (χ3v) is 8.48. The van der Waals surface area contributed by atoms with Crippen molar-refractivity contribution in [1.29, 1.82) is 0 Å². The zero-order valence-electron chi connectivity index (χ0n) is 21.2. The van der Waals surface area contributed by atoms with Gasteiger partial charge in [-0.05, 0) is 72.2 Å². The number of hydrogen-bond acceptors (Lipinski definition) is 2. The molecular formula is C31H33I2N3S. The topological polar surface area (TPSA) is 11.0 Å². The van der Waals surface area contributed by atoms with Gasteiger partial charge in [-0.2, -0.15) is 0 Å². The average Bonchev–Trinajstić information content (AvgIpc) is 2.90. The van der Waals surface area contributed by atoms with E-state index in [-0.39, 0.29) is 48.0 Å². The number of rotatable bonds is 0. The van der Waals surface area contributed by atoms with Crippen LogP contribution in [-0.2, 0) is 25.9 Å². The first-order valence-electron chi connectivity index (χ1n) is 12.9. The molecule has 9 aliphatic rings. The molecule has 6 heteroatoms. The molecular weight excluding hydrogens is 700 g/mol. The molecule has 10 bridgehead atoms. The van der Waals surface area contributed by atoms with Gasteiger partial charge in [0, 0.05) is 53.9 Å². The predicted molar refractivity (Wildman–Crippen MR) is 143 cm³/mol. The van der Waals surface area contributed by atoms with Gasteiger partial charge in [0.1, 0.15) is 13.1 Å². The van der Waals surface area contributed by atoms with Crippen LogP contribution in [-0.4, -0.2) is 7.05 Å². The molecule has 3 nitrogen and oxygen atoms in total. The second kappa shape index (κ2) is 12.9. The van der Waals surface area contributed by atoms with E-state index in [0.717, 1.165) is 25.9 Å². The summed E-state index contributed by atoms with van der Waals surface area (Å²) in [5.74, 6) is 0. The van der Waals surface area contributed by atoms with E-state index in [0.29, 0.717) is 0 Å². The highest BCUT2D eigenvalue weighted by molar-refractivity contribution is 7.99. The number of anilines is 2. The summed E-state index contributed by atoms with van der Waals surface area (Å²) in [6.45, 7) is 2.12. The van der Waals surface area contributed by atoms with E-state index in [1.165, 1.54) is 69.1 Å². The van der Waals surface area contributed by atoms with Crippen molar-refractivity contribution in [3.05, 3.63) is 96.6 Å². The molecule has 0 amide bonds. The summed E-state index contributed by atoms with van der Waals surface area (Å²) in [6, 6.07) is 23.1. The number of aryl methyl sites for hydroxylation is 4. The molecule has 4 aromatic rings. The molecule has 0 atom stereocenters. The van der Waals surface area contributed by atoms with Crippen molar-refractivity contribution in [1.82, 2.24) is 0 Å². The number of hydrogen-bond donors (Lipinski definition) is 0. The highest BCUT2D eigenvalue weighted by Gasteiger charge is 2.21. The minimum atomic E-state index is 0. The molecule has 0 aliphatic carbocycles. The van der Waals surface area contributed by atoms with Gasteiger partial charge in [0.05, 0.1) is 11.4 Å². The van der Waals surface area contributed by atoms with Gasteiger partial charge in [0.25, 0.3) is 0 Å². The molecule has 13 rings (SSSR count). The van der Waals surface area contributed by atoms with Crippen LogP contribution in [0.5, 0.6) is 0 Å². The summed E-state index contributed by atoms with van der Waals surface area (Å²) in [5.41, 5.74) is 8.12. The Labute approximate surface area is 259 Å². The normalized spacial score (nSPS) is 14.8. The molecule has 0 fully saturated rings. The molecule has 0 N–H and O–H groups in total. The maximum absolute atomic E-state index is 2.41. The van der Waals surface area contributed by atoms with Crippen LogP contribution in [0.15, 0.2) is 95.2 Å². The molecule has 0 saturated carbocycles. The lowest BCUT2D eigenvalue weighted by molar-refractivity contribution is -0.697. The minimum Gasteiger partial charge on any atom is -1.00 e. The van der Waals surface area contributed by atoms with Crippen molar-refractivity contribution in [2.75, 3.05) is 11.9 Å². The summed E-state index contributed by atoms with van der Waals surface area (Å²) >= 11 is 1.93. The largest absolute Gasteiger partial charge is 1.00 e. The van der Waals surface area contributed by atoms with Crippen molar-refractivity contribution >= 4 is 23.1 Å². The Morgan fingerprint density at radius 1 is 0.595 bits per heavy atom. The second-order valence-electron chi connectivity index (χ2n) is 9.83. The molecule has 192 valence electrons. The Kier molecular flexibility index (Phi) is 9.91. The molecule has 2 aromatic carbocycles. The Morgan fingerprint density at radius 3 is 1.73 bits per heavy atom. The van der Waals surface area contributed by atoms with Gasteiger partial charge in [0.2, 0.25) is 0 Å². The van der Waals surface area contributed by atoms with Crippen molar-refractivity contribution < 1.29 is 57.1 Å². The standard InChI is InChI=1S/C31H33N3S.2HI/c1-32-28-10-8-25-7-3-5-17-34-20-14-27(15-21-34)26-12-18-33(19-13-26)16-4-2-6-24-9-11-30(29(32)22-24)35-31(28)23-25;;/h8-15,18-23H,2-7,16-17H2,1H3;2*1H/q+2;;/p-2. The summed E-state index contributed by atoms with van der Waals surface area (Å²) in [4.78, 5) is 5.13. The third-order valence-electron chi connectivity index (χ3n) is 7.37. The van der Waals surface area contributed by atoms with E-state index in [1.54, 1.807) is 0 Å². The van der Waals surface area contributed by atoms with Gasteiger partial charge in [-0.15, -0.1) is 0 Å². The SMILES string of the molecule is CN1c2ccc3cc2Sc2ccc(cc21)CCCC[n+]1ccc(cc1)-c1cc[n+](cc1)CCCC3.[I-].[I-]. The smallest absolute Gasteiger partial charge is 0.169 e. The van der Waals surface area contributed by atoms with Crippen molar-refractivity contribution in [3.63, 3.8) is 0 Å². The van der Waals surface area contributed by atoms with Gasteiger partial charge in [-0.25, -0.2) is 9.13 Å². The Hall–Kier alpha value is -1.65. The fourth-order valence-electron chi connectivity index (χ4n) is 5.23. The monoisotopic (exact) mass is 733 g/mol. The maximum Gasteiger partial charge on any atom is 0.169 e. The fraction of sp³-hybridized carbons (Fsp3) is 0.290. The average molecular weight is 734 g/mol. The van der Waals surface area contributed by atoms with Crippen molar-refractivity contribution in [3.8, 4) is 11.1 Å². The number of aromatic nitrogens is 2. The Bertz CT molecular complexity index is 1340. The summed E-state index contributed by atoms with van der Waals surface area (Å²) in [5, 5.41) is 0. The van der Waals surface area contributed by atoms with E-state index >= 15 is 0 Å². The summed E-state index contributed by atoms with van der Waals surface area (Å²) < 4.78 is 4.63. The first-order valence-corrected chi connectivity index (χ1v) is 13.7. The molecule has 0 radical (unpaired) electrons. The zero-order chi connectivity index (χ0) is 23.6. The van der Waals surface area contributed by atoms with Crippen molar-refractivity contribution in [2.45, 2.75) is 61.4 Å². The van der Waals surface area contributed by atoms with Gasteiger partial charge < -0.3 is 52.9 Å². The number of halogens is 2. The summed E-state index contributed by atoms with van der Waals surface area (Å²) in [6.07, 6.45) is 15.9. The van der Waals surface area contributed by atoms with Crippen LogP contribution >= 0.6 is 11.8 Å². The van der Waals surface area contributed by atoms with Gasteiger partial charge in [-0.1, -0.05) is 23.9 Å². The van der Waals surface area contributed by atoms with Crippen molar-refractivity contribution in [2.24, 2.45) is 0 Å². The first kappa shape index (κ1) is 28.4. The molecule has 2 aromatic heterocycles. The van der Waals surface area contributed by atoms with Crippen LogP contribution in [0.2, 0.25) is 0 Å². The van der Waals surface area contributed by atoms with Crippen LogP contribution in [0.25, 0.3) is 11.1 Å². The zero-order valence-corrected chi connectivity index (χ0v) is 26.4. The lowest BCUT2D eigenvalue weighted by Gasteiger charge is -2.30. The molecule has 37 heavy (non-hydrogen) atoms. The van der Waals surface area contributed by atoms with E-state index in [1.807, 2.05) is 11.8 Å². The highest BCUT2D eigenvalue weighted by Crippen LogP contribution is 2.48. The molecule has 9 aliphatic heterocycles. The van der Waals surface area contributed by atoms with Crippen LogP contribution in [0.3, 0.4) is 0 Å². The third kappa shape index (κ3) is 6.50. The van der Waals surface area contributed by atoms with Crippen LogP contribution in [0, 0.1) is 0 Å². The Balaban J connectivity index is 0.00000160. The quantitative estimate of drug-likeness (QED) is 0.193. The first-order chi connectivity index (χ1) is 17.2. The van der Waals surface area contributed by atoms with Crippen LogP contribution < -0.4 is 62.0 Å². The maximum atomic E-state index is 2.41. The van der Waals surface area contributed by atoms with Gasteiger partial charge >= 0.3 is 0 Å². The number of benzene rings is 2. The van der Waals surface area contributed by atoms with E-state index in [2.05, 4.69) is 107 Å². The van der Waals surface area contributed by atoms with E-state index in [9.17, 15) is 0 Å². The second-order valence-corrected chi connectivity index (χ2v) is 10.9. The molecule has 11 heterocycles. The van der Waals surface area contributed by atoms with E-state index < -0.39 is 0 Å².